The number of amides is 2. The highest BCUT2D eigenvalue weighted by atomic mass is 79.9. The van der Waals surface area contributed by atoms with Crippen LogP contribution >= 0.6 is 27.5 Å². The summed E-state index contributed by atoms with van der Waals surface area (Å²) in [6.07, 6.45) is 0. The number of benzene rings is 2. The first-order valence-electron chi connectivity index (χ1n) is 7.05. The fourth-order valence-electron chi connectivity index (χ4n) is 2.10. The summed E-state index contributed by atoms with van der Waals surface area (Å²) < 4.78 is 0.915. The van der Waals surface area contributed by atoms with E-state index in [-0.39, 0.29) is 11.8 Å². The highest BCUT2D eigenvalue weighted by molar-refractivity contribution is 9.10. The topological polar surface area (TPSA) is 49.4 Å². The van der Waals surface area contributed by atoms with E-state index in [0.717, 1.165) is 4.47 Å². The van der Waals surface area contributed by atoms with Gasteiger partial charge < -0.3 is 10.2 Å². The van der Waals surface area contributed by atoms with Crippen molar-refractivity contribution in [3.05, 3.63) is 63.6 Å². The largest absolute Gasteiger partial charge is 0.350 e. The molecule has 0 radical (unpaired) electrons. The van der Waals surface area contributed by atoms with Gasteiger partial charge in [0, 0.05) is 40.8 Å². The van der Waals surface area contributed by atoms with Crippen molar-refractivity contribution in [1.82, 2.24) is 5.32 Å². The standard InChI is InChI=1S/C17H16BrClN2O2/c1-12(22)21(16-4-2-3-15(19)11-16)10-9-20-17(23)13-5-7-14(18)8-6-13/h2-8,11H,9-10H2,1H3,(H,20,23). The summed E-state index contributed by atoms with van der Waals surface area (Å²) in [5.74, 6) is -0.280. The molecule has 2 aromatic rings. The highest BCUT2D eigenvalue weighted by Crippen LogP contribution is 2.19. The van der Waals surface area contributed by atoms with Crippen LogP contribution in [0.15, 0.2) is 53.0 Å². The Bertz CT molecular complexity index is 704. The van der Waals surface area contributed by atoms with Gasteiger partial charge in [0.2, 0.25) is 5.91 Å². The molecule has 4 nitrogen and oxygen atoms in total. The first-order valence-corrected chi connectivity index (χ1v) is 8.22. The zero-order valence-electron chi connectivity index (χ0n) is 12.6. The van der Waals surface area contributed by atoms with Crippen LogP contribution in [0.5, 0.6) is 0 Å². The van der Waals surface area contributed by atoms with Crippen molar-refractivity contribution in [2.45, 2.75) is 6.92 Å². The predicted molar refractivity (Wildman–Crippen MR) is 96.0 cm³/mol. The molecule has 23 heavy (non-hydrogen) atoms. The molecule has 0 atom stereocenters. The van der Waals surface area contributed by atoms with Crippen molar-refractivity contribution < 1.29 is 9.59 Å². The van der Waals surface area contributed by atoms with Crippen molar-refractivity contribution in [2.24, 2.45) is 0 Å². The normalized spacial score (nSPS) is 10.2. The third-order valence-electron chi connectivity index (χ3n) is 3.23. The summed E-state index contributed by atoms with van der Waals surface area (Å²) in [6, 6.07) is 14.2. The second-order valence-corrected chi connectivity index (χ2v) is 6.27. The molecule has 0 aliphatic carbocycles. The predicted octanol–water partition coefficient (Wildman–Crippen LogP) is 3.89. The maximum absolute atomic E-state index is 12.0. The first kappa shape index (κ1) is 17.5. The van der Waals surface area contributed by atoms with E-state index in [1.165, 1.54) is 6.92 Å². The number of anilines is 1. The van der Waals surface area contributed by atoms with E-state index in [2.05, 4.69) is 21.2 Å². The molecule has 2 rings (SSSR count). The molecular formula is C17H16BrClN2O2. The number of nitrogens with zero attached hydrogens (tertiary/aromatic N) is 1. The molecule has 6 heteroatoms. The average Bonchev–Trinajstić information content (AvgIpc) is 2.51. The SMILES string of the molecule is CC(=O)N(CCNC(=O)c1ccc(Br)cc1)c1cccc(Cl)c1. The molecule has 0 spiro atoms. The molecule has 120 valence electrons. The molecule has 0 saturated carbocycles. The smallest absolute Gasteiger partial charge is 0.251 e. The van der Waals surface area contributed by atoms with Gasteiger partial charge in [-0.1, -0.05) is 33.6 Å². The number of rotatable bonds is 5. The number of halogens is 2. The van der Waals surface area contributed by atoms with E-state index < -0.39 is 0 Å². The summed E-state index contributed by atoms with van der Waals surface area (Å²) in [5, 5.41) is 3.37. The Morgan fingerprint density at radius 1 is 1.17 bits per heavy atom. The van der Waals surface area contributed by atoms with E-state index in [4.69, 9.17) is 11.6 Å². The van der Waals surface area contributed by atoms with E-state index in [0.29, 0.717) is 29.4 Å². The minimum absolute atomic E-state index is 0.106. The van der Waals surface area contributed by atoms with E-state index in [1.807, 2.05) is 18.2 Å². The van der Waals surface area contributed by atoms with Gasteiger partial charge in [-0.3, -0.25) is 9.59 Å². The summed E-state index contributed by atoms with van der Waals surface area (Å²) in [6.45, 7) is 2.20. The fraction of sp³-hybridized carbons (Fsp3) is 0.176. The Balaban J connectivity index is 1.96. The molecule has 2 amide bonds. The van der Waals surface area contributed by atoms with Gasteiger partial charge in [0.05, 0.1) is 0 Å². The van der Waals surface area contributed by atoms with Crippen molar-refractivity contribution in [1.29, 1.82) is 0 Å². The number of hydrogen-bond acceptors (Lipinski definition) is 2. The highest BCUT2D eigenvalue weighted by Gasteiger charge is 2.12. The molecule has 0 aliphatic heterocycles. The molecule has 1 N–H and O–H groups in total. The summed E-state index contributed by atoms with van der Waals surface area (Å²) >= 11 is 9.29. The van der Waals surface area contributed by atoms with Crippen LogP contribution in [0.25, 0.3) is 0 Å². The lowest BCUT2D eigenvalue weighted by Gasteiger charge is -2.21. The van der Waals surface area contributed by atoms with Gasteiger partial charge in [-0.05, 0) is 42.5 Å². The summed E-state index contributed by atoms with van der Waals surface area (Å²) in [7, 11) is 0. The second-order valence-electron chi connectivity index (χ2n) is 4.91. The monoisotopic (exact) mass is 394 g/mol. The van der Waals surface area contributed by atoms with Crippen LogP contribution in [-0.4, -0.2) is 24.9 Å². The Hall–Kier alpha value is -1.85. The third kappa shape index (κ3) is 5.08. The van der Waals surface area contributed by atoms with Gasteiger partial charge in [0.25, 0.3) is 5.91 Å². The lowest BCUT2D eigenvalue weighted by molar-refractivity contribution is -0.116. The van der Waals surface area contributed by atoms with E-state index in [1.54, 1.807) is 35.2 Å². The molecule has 2 aromatic carbocycles. The number of hydrogen-bond donors (Lipinski definition) is 1. The third-order valence-corrected chi connectivity index (χ3v) is 3.99. The Labute approximate surface area is 148 Å². The molecule has 0 aliphatic rings. The van der Waals surface area contributed by atoms with Crippen molar-refractivity contribution in [2.75, 3.05) is 18.0 Å². The minimum Gasteiger partial charge on any atom is -0.350 e. The van der Waals surface area contributed by atoms with Crippen LogP contribution in [0, 0.1) is 0 Å². The Morgan fingerprint density at radius 3 is 2.48 bits per heavy atom. The maximum atomic E-state index is 12.0. The molecule has 0 saturated heterocycles. The molecule has 0 fully saturated rings. The van der Waals surface area contributed by atoms with Crippen LogP contribution in [0.3, 0.4) is 0 Å². The molecular weight excluding hydrogens is 380 g/mol. The number of carbonyl (C=O) groups excluding carboxylic acids is 2. The van der Waals surface area contributed by atoms with Crippen molar-refractivity contribution >= 4 is 45.0 Å². The van der Waals surface area contributed by atoms with Crippen LogP contribution in [-0.2, 0) is 4.79 Å². The van der Waals surface area contributed by atoms with Gasteiger partial charge >= 0.3 is 0 Å². The first-order chi connectivity index (χ1) is 11.0. The average molecular weight is 396 g/mol. The molecule has 0 heterocycles. The molecule has 0 aromatic heterocycles. The van der Waals surface area contributed by atoms with Crippen LogP contribution in [0.1, 0.15) is 17.3 Å². The van der Waals surface area contributed by atoms with Crippen LogP contribution in [0.2, 0.25) is 5.02 Å². The summed E-state index contributed by atoms with van der Waals surface area (Å²) in [4.78, 5) is 25.4. The summed E-state index contributed by atoms with van der Waals surface area (Å²) in [5.41, 5.74) is 1.29. The number of nitrogens with one attached hydrogen (secondary N) is 1. The fourth-order valence-corrected chi connectivity index (χ4v) is 2.55. The lowest BCUT2D eigenvalue weighted by Crippen LogP contribution is -2.37. The van der Waals surface area contributed by atoms with Crippen molar-refractivity contribution in [3.8, 4) is 0 Å². The van der Waals surface area contributed by atoms with Gasteiger partial charge in [-0.2, -0.15) is 0 Å². The Morgan fingerprint density at radius 2 is 1.87 bits per heavy atom. The van der Waals surface area contributed by atoms with E-state index in [9.17, 15) is 9.59 Å². The molecule has 0 unspecified atom stereocenters. The van der Waals surface area contributed by atoms with Crippen LogP contribution < -0.4 is 10.2 Å². The second kappa shape index (κ2) is 8.13. The van der Waals surface area contributed by atoms with Gasteiger partial charge in [0.15, 0.2) is 0 Å². The minimum atomic E-state index is -0.174. The van der Waals surface area contributed by atoms with Crippen molar-refractivity contribution in [3.63, 3.8) is 0 Å². The van der Waals surface area contributed by atoms with Gasteiger partial charge in [-0.15, -0.1) is 0 Å². The van der Waals surface area contributed by atoms with Crippen LogP contribution in [0.4, 0.5) is 5.69 Å². The van der Waals surface area contributed by atoms with E-state index >= 15 is 0 Å². The lowest BCUT2D eigenvalue weighted by atomic mass is 10.2. The maximum Gasteiger partial charge on any atom is 0.251 e. The molecule has 0 bridgehead atoms. The zero-order valence-corrected chi connectivity index (χ0v) is 14.9. The zero-order chi connectivity index (χ0) is 16.8. The number of carbonyl (C=O) groups is 2. The van der Waals surface area contributed by atoms with Gasteiger partial charge in [-0.25, -0.2) is 0 Å². The Kier molecular flexibility index (Phi) is 6.19. The quantitative estimate of drug-likeness (QED) is 0.835. The van der Waals surface area contributed by atoms with Gasteiger partial charge in [0.1, 0.15) is 0 Å².